The number of methoxy groups -OCH3 is 2. The predicted molar refractivity (Wildman–Crippen MR) is 125 cm³/mol. The molecule has 2 amide bonds. The Morgan fingerprint density at radius 1 is 1.03 bits per heavy atom. The van der Waals surface area contributed by atoms with E-state index in [4.69, 9.17) is 18.9 Å². The molecule has 2 aliphatic rings. The van der Waals surface area contributed by atoms with Crippen molar-refractivity contribution in [1.29, 1.82) is 5.26 Å². The second-order valence-corrected chi connectivity index (χ2v) is 9.08. The van der Waals surface area contributed by atoms with Crippen LogP contribution in [0.4, 0.5) is 0 Å². The quantitative estimate of drug-likeness (QED) is 0.648. The van der Waals surface area contributed by atoms with E-state index in [0.717, 1.165) is 12.8 Å². The van der Waals surface area contributed by atoms with Crippen molar-refractivity contribution in [3.05, 3.63) is 29.3 Å². The highest BCUT2D eigenvalue weighted by atomic mass is 16.5. The summed E-state index contributed by atoms with van der Waals surface area (Å²) < 4.78 is 23.6. The van der Waals surface area contributed by atoms with E-state index >= 15 is 0 Å². The molecule has 1 fully saturated rings. The number of rotatable bonds is 2. The molecule has 5 atom stereocenters. The molecule has 9 nitrogen and oxygen atoms in total. The van der Waals surface area contributed by atoms with Gasteiger partial charge in [-0.2, -0.15) is 5.26 Å². The maximum atomic E-state index is 13.3. The molecule has 0 saturated carbocycles. The molecular formula is C25H35N3O6. The summed E-state index contributed by atoms with van der Waals surface area (Å²) in [5, 5.41) is 9.33. The highest BCUT2D eigenvalue weighted by Crippen LogP contribution is 2.27. The zero-order valence-electron chi connectivity index (χ0n) is 20.7. The minimum atomic E-state index is -0.515. The standard InChI is InChI=1S/C25H35N3O6/c1-16-22(32-5)14-28(3)25(30)19-12-17(13-26)6-8-20(19)33-11-10-18-7-9-21(31-4)23(34-18)15-27(2)24(16)29/h6,8,12,16,18,21-23H,7,9-11,14-15H2,1-5H3/t16-,18+,21+,22+,23-/m0/s1. The topological polar surface area (TPSA) is 101 Å². The zero-order valence-corrected chi connectivity index (χ0v) is 20.7. The highest BCUT2D eigenvalue weighted by Gasteiger charge is 2.35. The summed E-state index contributed by atoms with van der Waals surface area (Å²) in [6, 6.07) is 6.90. The van der Waals surface area contributed by atoms with Crippen LogP contribution in [0.25, 0.3) is 0 Å². The fraction of sp³-hybridized carbons (Fsp3) is 0.640. The van der Waals surface area contributed by atoms with E-state index in [2.05, 4.69) is 6.07 Å². The predicted octanol–water partition coefficient (Wildman–Crippen LogP) is 2.08. The Balaban J connectivity index is 1.93. The molecule has 186 valence electrons. The summed E-state index contributed by atoms with van der Waals surface area (Å²) in [6.45, 7) is 2.77. The Kier molecular flexibility index (Phi) is 8.89. The first-order valence-corrected chi connectivity index (χ1v) is 11.7. The number of carbonyl (C=O) groups excluding carboxylic acids is 2. The third-order valence-corrected chi connectivity index (χ3v) is 6.77. The summed E-state index contributed by atoms with van der Waals surface area (Å²) >= 11 is 0. The van der Waals surface area contributed by atoms with E-state index < -0.39 is 12.0 Å². The van der Waals surface area contributed by atoms with Gasteiger partial charge in [0.1, 0.15) is 11.9 Å². The van der Waals surface area contributed by atoms with Crippen LogP contribution in [0.2, 0.25) is 0 Å². The Morgan fingerprint density at radius 2 is 1.76 bits per heavy atom. The first kappa shape index (κ1) is 25.9. The summed E-state index contributed by atoms with van der Waals surface area (Å²) in [4.78, 5) is 29.7. The minimum Gasteiger partial charge on any atom is -0.493 e. The van der Waals surface area contributed by atoms with Gasteiger partial charge < -0.3 is 28.7 Å². The lowest BCUT2D eigenvalue weighted by Crippen LogP contribution is -2.50. The van der Waals surface area contributed by atoms with E-state index in [9.17, 15) is 14.9 Å². The van der Waals surface area contributed by atoms with Crippen LogP contribution >= 0.6 is 0 Å². The molecule has 0 aliphatic carbocycles. The maximum Gasteiger partial charge on any atom is 0.257 e. The number of benzene rings is 1. The van der Waals surface area contributed by atoms with Gasteiger partial charge in [0.05, 0.1) is 48.0 Å². The lowest BCUT2D eigenvalue weighted by molar-refractivity contribution is -0.154. The minimum absolute atomic E-state index is 0.0443. The van der Waals surface area contributed by atoms with Crippen LogP contribution in [-0.2, 0) is 19.0 Å². The molecule has 2 bridgehead atoms. The van der Waals surface area contributed by atoms with Crippen LogP contribution in [0, 0.1) is 17.2 Å². The average molecular weight is 474 g/mol. The number of hydrogen-bond donors (Lipinski definition) is 0. The number of hydrogen-bond acceptors (Lipinski definition) is 7. The van der Waals surface area contributed by atoms with Gasteiger partial charge in [-0.25, -0.2) is 0 Å². The number of fused-ring (bicyclic) bond motifs is 3. The van der Waals surface area contributed by atoms with Gasteiger partial charge in [-0.15, -0.1) is 0 Å². The van der Waals surface area contributed by atoms with Crippen LogP contribution in [-0.4, -0.2) is 94.0 Å². The molecule has 9 heteroatoms. The number of nitriles is 1. The van der Waals surface area contributed by atoms with Gasteiger partial charge in [0.15, 0.2) is 0 Å². The van der Waals surface area contributed by atoms with E-state index in [1.165, 1.54) is 18.1 Å². The lowest BCUT2D eigenvalue weighted by Gasteiger charge is -2.38. The smallest absolute Gasteiger partial charge is 0.257 e. The van der Waals surface area contributed by atoms with Crippen molar-refractivity contribution in [1.82, 2.24) is 9.80 Å². The van der Waals surface area contributed by atoms with Crippen LogP contribution in [0.15, 0.2) is 18.2 Å². The molecule has 0 unspecified atom stereocenters. The fourth-order valence-electron chi connectivity index (χ4n) is 4.64. The van der Waals surface area contributed by atoms with Gasteiger partial charge in [0.25, 0.3) is 5.91 Å². The van der Waals surface area contributed by atoms with Crippen molar-refractivity contribution in [3.63, 3.8) is 0 Å². The van der Waals surface area contributed by atoms with Gasteiger partial charge in [-0.05, 0) is 31.0 Å². The number of likely N-dealkylation sites (N-methyl/N-ethyl adjacent to an activating group) is 2. The summed E-state index contributed by atoms with van der Waals surface area (Å²) in [6.07, 6.45) is 1.39. The molecule has 0 N–H and O–H groups in total. The van der Waals surface area contributed by atoms with E-state index in [1.807, 2.05) is 0 Å². The summed E-state index contributed by atoms with van der Waals surface area (Å²) in [5.41, 5.74) is 0.678. The molecule has 0 spiro atoms. The lowest BCUT2D eigenvalue weighted by atomic mass is 9.97. The molecule has 34 heavy (non-hydrogen) atoms. The normalized spacial score (nSPS) is 29.2. The Hall–Kier alpha value is -2.67. The Labute approximate surface area is 201 Å². The SMILES string of the molecule is CO[C@@H]1CC[C@@H]2CCOc3ccc(C#N)cc3C(=O)N(C)C[C@@H](OC)[C@H](C)C(=O)N(C)C[C@@H]1O2. The van der Waals surface area contributed by atoms with Gasteiger partial charge in [0, 0.05) is 47.8 Å². The van der Waals surface area contributed by atoms with Crippen LogP contribution in [0.5, 0.6) is 5.75 Å². The third-order valence-electron chi connectivity index (χ3n) is 6.77. The molecule has 3 rings (SSSR count). The van der Waals surface area contributed by atoms with Gasteiger partial charge in [-0.1, -0.05) is 6.92 Å². The van der Waals surface area contributed by atoms with E-state index in [1.54, 1.807) is 45.2 Å². The van der Waals surface area contributed by atoms with Gasteiger partial charge in [-0.3, -0.25) is 9.59 Å². The second kappa shape index (κ2) is 11.6. The molecule has 0 aromatic heterocycles. The van der Waals surface area contributed by atoms with Crippen molar-refractivity contribution in [3.8, 4) is 11.8 Å². The van der Waals surface area contributed by atoms with Gasteiger partial charge >= 0.3 is 0 Å². The number of ether oxygens (including phenoxy) is 4. The first-order chi connectivity index (χ1) is 16.3. The Morgan fingerprint density at radius 3 is 2.44 bits per heavy atom. The highest BCUT2D eigenvalue weighted by molar-refractivity contribution is 5.97. The first-order valence-electron chi connectivity index (χ1n) is 11.7. The van der Waals surface area contributed by atoms with Crippen LogP contribution in [0.3, 0.4) is 0 Å². The van der Waals surface area contributed by atoms with E-state index in [-0.39, 0.29) is 36.7 Å². The molecular weight excluding hydrogens is 438 g/mol. The zero-order chi connectivity index (χ0) is 24.8. The third kappa shape index (κ3) is 5.87. The Bertz CT molecular complexity index is 916. The van der Waals surface area contributed by atoms with Crippen LogP contribution in [0.1, 0.15) is 42.1 Å². The molecule has 0 radical (unpaired) electrons. The second-order valence-electron chi connectivity index (χ2n) is 9.08. The largest absolute Gasteiger partial charge is 0.493 e. The summed E-state index contributed by atoms with van der Waals surface area (Å²) in [5.74, 6) is -0.454. The monoisotopic (exact) mass is 473 g/mol. The van der Waals surface area contributed by atoms with Gasteiger partial charge in [0.2, 0.25) is 5.91 Å². The molecule has 2 heterocycles. The maximum absolute atomic E-state index is 13.3. The van der Waals surface area contributed by atoms with Crippen molar-refractivity contribution in [2.45, 2.75) is 50.6 Å². The number of nitrogens with zero attached hydrogens (tertiary/aromatic N) is 3. The molecule has 1 aromatic rings. The number of carbonyl (C=O) groups is 2. The molecule has 1 aromatic carbocycles. The van der Waals surface area contributed by atoms with E-state index in [0.29, 0.717) is 36.4 Å². The number of amides is 2. The summed E-state index contributed by atoms with van der Waals surface area (Å²) in [7, 11) is 6.61. The van der Waals surface area contributed by atoms with Crippen molar-refractivity contribution in [2.24, 2.45) is 5.92 Å². The average Bonchev–Trinajstić information content (AvgIpc) is 2.85. The van der Waals surface area contributed by atoms with Crippen molar-refractivity contribution >= 4 is 11.8 Å². The van der Waals surface area contributed by atoms with Crippen LogP contribution < -0.4 is 4.74 Å². The van der Waals surface area contributed by atoms with Crippen molar-refractivity contribution in [2.75, 3.05) is 48.0 Å². The molecule has 1 saturated heterocycles. The van der Waals surface area contributed by atoms with Crippen molar-refractivity contribution < 1.29 is 28.5 Å². The fourth-order valence-corrected chi connectivity index (χ4v) is 4.64. The molecule has 2 aliphatic heterocycles.